The van der Waals surface area contributed by atoms with Crippen LogP contribution in [0.5, 0.6) is 0 Å². The highest BCUT2D eigenvalue weighted by Crippen LogP contribution is 2.18. The van der Waals surface area contributed by atoms with Gasteiger partial charge in [0, 0.05) is 18.5 Å². The molecule has 0 bridgehead atoms. The number of rotatable bonds is 5. The second kappa shape index (κ2) is 5.41. The molecule has 0 saturated carbocycles. The van der Waals surface area contributed by atoms with Crippen LogP contribution in [0.4, 0.5) is 11.5 Å². The van der Waals surface area contributed by atoms with Crippen molar-refractivity contribution in [1.29, 1.82) is 0 Å². The SMILES string of the molecule is CSCC(C)(O)CNc1ncc(C)cc1N. The first-order chi connectivity index (χ1) is 7.44. The normalized spacial score (nSPS) is 14.5. The van der Waals surface area contributed by atoms with Crippen LogP contribution in [0, 0.1) is 6.92 Å². The van der Waals surface area contributed by atoms with Crippen molar-refractivity contribution < 1.29 is 5.11 Å². The van der Waals surface area contributed by atoms with Crippen LogP contribution in [0.15, 0.2) is 12.3 Å². The molecule has 0 aliphatic carbocycles. The molecule has 1 rings (SSSR count). The van der Waals surface area contributed by atoms with Crippen LogP contribution < -0.4 is 11.1 Å². The minimum Gasteiger partial charge on any atom is -0.396 e. The molecule has 1 aromatic rings. The Balaban J connectivity index is 2.61. The smallest absolute Gasteiger partial charge is 0.149 e. The molecule has 0 amide bonds. The van der Waals surface area contributed by atoms with Crippen LogP contribution in [-0.2, 0) is 0 Å². The van der Waals surface area contributed by atoms with Crippen molar-refractivity contribution in [2.75, 3.05) is 29.6 Å². The molecular weight excluding hydrogens is 222 g/mol. The quantitative estimate of drug-likeness (QED) is 0.728. The van der Waals surface area contributed by atoms with Gasteiger partial charge in [-0.1, -0.05) is 0 Å². The summed E-state index contributed by atoms with van der Waals surface area (Å²) in [7, 11) is 0. The van der Waals surface area contributed by atoms with Gasteiger partial charge in [-0.25, -0.2) is 4.98 Å². The number of aromatic nitrogens is 1. The molecular formula is C11H19N3OS. The van der Waals surface area contributed by atoms with Gasteiger partial charge in [0.05, 0.1) is 11.3 Å². The molecule has 4 N–H and O–H groups in total. The van der Waals surface area contributed by atoms with Crippen molar-refractivity contribution >= 4 is 23.3 Å². The van der Waals surface area contributed by atoms with Gasteiger partial charge in [-0.3, -0.25) is 0 Å². The fourth-order valence-electron chi connectivity index (χ4n) is 1.38. The number of aliphatic hydroxyl groups is 1. The van der Waals surface area contributed by atoms with Gasteiger partial charge < -0.3 is 16.2 Å². The average Bonchev–Trinajstić information content (AvgIpc) is 2.16. The van der Waals surface area contributed by atoms with Crippen LogP contribution in [0.25, 0.3) is 0 Å². The van der Waals surface area contributed by atoms with E-state index >= 15 is 0 Å². The summed E-state index contributed by atoms with van der Waals surface area (Å²) >= 11 is 1.61. The molecule has 0 fully saturated rings. The molecule has 0 saturated heterocycles. The number of nitrogens with two attached hydrogens (primary N) is 1. The molecule has 0 radical (unpaired) electrons. The van der Waals surface area contributed by atoms with Crippen LogP contribution >= 0.6 is 11.8 Å². The predicted molar refractivity (Wildman–Crippen MR) is 70.9 cm³/mol. The summed E-state index contributed by atoms with van der Waals surface area (Å²) in [5, 5.41) is 13.0. The molecule has 4 nitrogen and oxygen atoms in total. The molecule has 5 heteroatoms. The van der Waals surface area contributed by atoms with E-state index in [-0.39, 0.29) is 0 Å². The number of hydrogen-bond acceptors (Lipinski definition) is 5. The Labute approximate surface area is 101 Å². The number of hydrogen-bond donors (Lipinski definition) is 3. The van der Waals surface area contributed by atoms with Crippen molar-refractivity contribution in [3.63, 3.8) is 0 Å². The monoisotopic (exact) mass is 241 g/mol. The summed E-state index contributed by atoms with van der Waals surface area (Å²) in [6.45, 7) is 4.17. The zero-order valence-corrected chi connectivity index (χ0v) is 10.8. The summed E-state index contributed by atoms with van der Waals surface area (Å²) in [5.74, 6) is 1.30. The first kappa shape index (κ1) is 13.1. The zero-order chi connectivity index (χ0) is 12.2. The van der Waals surface area contributed by atoms with Crippen LogP contribution in [-0.4, -0.2) is 34.2 Å². The van der Waals surface area contributed by atoms with E-state index in [0.29, 0.717) is 23.8 Å². The van der Waals surface area contributed by atoms with Crippen LogP contribution in [0.3, 0.4) is 0 Å². The van der Waals surface area contributed by atoms with Crippen LogP contribution in [0.1, 0.15) is 12.5 Å². The van der Waals surface area contributed by atoms with E-state index in [0.717, 1.165) is 5.56 Å². The lowest BCUT2D eigenvalue weighted by molar-refractivity contribution is 0.0996. The maximum Gasteiger partial charge on any atom is 0.149 e. The molecule has 0 aliphatic heterocycles. The summed E-state index contributed by atoms with van der Waals surface area (Å²) in [5.41, 5.74) is 6.70. The van der Waals surface area contributed by atoms with Crippen molar-refractivity contribution in [2.45, 2.75) is 19.4 Å². The van der Waals surface area contributed by atoms with Crippen molar-refractivity contribution in [3.05, 3.63) is 17.8 Å². The number of pyridine rings is 1. The van der Waals surface area contributed by atoms with Crippen molar-refractivity contribution in [2.24, 2.45) is 0 Å². The molecule has 1 aromatic heterocycles. The fraction of sp³-hybridized carbons (Fsp3) is 0.545. The Morgan fingerprint density at radius 1 is 1.62 bits per heavy atom. The number of anilines is 2. The molecule has 0 aromatic carbocycles. The summed E-state index contributed by atoms with van der Waals surface area (Å²) in [6, 6.07) is 1.86. The third-order valence-electron chi connectivity index (χ3n) is 2.15. The Morgan fingerprint density at radius 3 is 2.88 bits per heavy atom. The molecule has 16 heavy (non-hydrogen) atoms. The van der Waals surface area contributed by atoms with Crippen LogP contribution in [0.2, 0.25) is 0 Å². The standard InChI is InChI=1S/C11H19N3OS/c1-8-4-9(12)10(13-5-8)14-6-11(2,15)7-16-3/h4-5,15H,6-7,12H2,1-3H3,(H,13,14). The van der Waals surface area contributed by atoms with E-state index in [2.05, 4.69) is 10.3 Å². The molecule has 1 unspecified atom stereocenters. The molecule has 0 aliphatic rings. The minimum absolute atomic E-state index is 0.439. The van der Waals surface area contributed by atoms with Gasteiger partial charge in [0.25, 0.3) is 0 Å². The number of nitrogen functional groups attached to an aromatic ring is 1. The lowest BCUT2D eigenvalue weighted by Gasteiger charge is -2.23. The summed E-state index contributed by atoms with van der Waals surface area (Å²) in [4.78, 5) is 4.19. The highest BCUT2D eigenvalue weighted by atomic mass is 32.2. The third-order valence-corrected chi connectivity index (χ3v) is 3.06. The first-order valence-corrected chi connectivity index (χ1v) is 6.51. The molecule has 1 atom stereocenters. The van der Waals surface area contributed by atoms with E-state index in [1.807, 2.05) is 19.2 Å². The Morgan fingerprint density at radius 2 is 2.31 bits per heavy atom. The lowest BCUT2D eigenvalue weighted by atomic mass is 10.1. The molecule has 0 spiro atoms. The molecule has 1 heterocycles. The second-order valence-electron chi connectivity index (χ2n) is 4.23. The average molecular weight is 241 g/mol. The highest BCUT2D eigenvalue weighted by Gasteiger charge is 2.19. The maximum absolute atomic E-state index is 9.97. The molecule has 90 valence electrons. The van der Waals surface area contributed by atoms with E-state index in [9.17, 15) is 5.11 Å². The van der Waals surface area contributed by atoms with E-state index < -0.39 is 5.60 Å². The highest BCUT2D eigenvalue weighted by molar-refractivity contribution is 7.98. The van der Waals surface area contributed by atoms with Gasteiger partial charge in [-0.05, 0) is 31.7 Å². The topological polar surface area (TPSA) is 71.2 Å². The Kier molecular flexibility index (Phi) is 4.44. The minimum atomic E-state index is -0.752. The van der Waals surface area contributed by atoms with E-state index in [4.69, 9.17) is 5.73 Å². The lowest BCUT2D eigenvalue weighted by Crippen LogP contribution is -2.36. The van der Waals surface area contributed by atoms with Gasteiger partial charge in [-0.15, -0.1) is 0 Å². The summed E-state index contributed by atoms with van der Waals surface area (Å²) < 4.78 is 0. The first-order valence-electron chi connectivity index (χ1n) is 5.12. The number of thioether (sulfide) groups is 1. The van der Waals surface area contributed by atoms with E-state index in [1.54, 1.807) is 24.9 Å². The van der Waals surface area contributed by atoms with Gasteiger partial charge in [0.2, 0.25) is 0 Å². The maximum atomic E-state index is 9.97. The number of nitrogens with one attached hydrogen (secondary N) is 1. The number of nitrogens with zero attached hydrogens (tertiary/aromatic N) is 1. The second-order valence-corrected chi connectivity index (χ2v) is 5.10. The Bertz CT molecular complexity index is 355. The van der Waals surface area contributed by atoms with Gasteiger partial charge in [-0.2, -0.15) is 11.8 Å². The largest absolute Gasteiger partial charge is 0.396 e. The third kappa shape index (κ3) is 3.90. The van der Waals surface area contributed by atoms with Gasteiger partial charge in [0.15, 0.2) is 0 Å². The predicted octanol–water partition coefficient (Wildman–Crippen LogP) is 1.50. The van der Waals surface area contributed by atoms with Gasteiger partial charge in [0.1, 0.15) is 5.82 Å². The number of aryl methyl sites for hydroxylation is 1. The zero-order valence-electron chi connectivity index (χ0n) is 9.95. The van der Waals surface area contributed by atoms with Gasteiger partial charge >= 0.3 is 0 Å². The van der Waals surface area contributed by atoms with Crippen molar-refractivity contribution in [1.82, 2.24) is 4.98 Å². The fourth-order valence-corrected chi connectivity index (χ4v) is 2.10. The van der Waals surface area contributed by atoms with Crippen molar-refractivity contribution in [3.8, 4) is 0 Å². The summed E-state index contributed by atoms with van der Waals surface area (Å²) in [6.07, 6.45) is 3.72. The van der Waals surface area contributed by atoms with E-state index in [1.165, 1.54) is 0 Å². The Hall–Kier alpha value is -0.940.